The van der Waals surface area contributed by atoms with Crippen LogP contribution in [0.5, 0.6) is 0 Å². The fraction of sp³-hybridized carbons (Fsp3) is 0.364. The van der Waals surface area contributed by atoms with Crippen LogP contribution in [0.2, 0.25) is 5.02 Å². The maximum atomic E-state index is 14.5. The van der Waals surface area contributed by atoms with Crippen molar-refractivity contribution >= 4 is 35.0 Å². The summed E-state index contributed by atoms with van der Waals surface area (Å²) >= 11 is 6.47. The maximum Gasteiger partial charge on any atom is 0.250 e. The molecule has 3 aromatic carbocycles. The average Bonchev–Trinajstić information content (AvgIpc) is 3.56. The molecule has 0 aliphatic carbocycles. The Morgan fingerprint density at radius 2 is 1.71 bits per heavy atom. The molecule has 3 N–H and O–H groups in total. The second-order valence-electron chi connectivity index (χ2n) is 11.7. The van der Waals surface area contributed by atoms with Gasteiger partial charge in [0.1, 0.15) is 11.6 Å². The molecule has 0 saturated carbocycles. The van der Waals surface area contributed by atoms with Gasteiger partial charge in [0, 0.05) is 6.54 Å². The van der Waals surface area contributed by atoms with Gasteiger partial charge in [-0.1, -0.05) is 84.4 Å². The molecule has 8 nitrogen and oxygen atoms in total. The molecule has 6 rings (SSSR count). The fourth-order valence-corrected chi connectivity index (χ4v) is 7.58. The number of anilines is 1. The number of hydrogen-bond donors (Lipinski definition) is 3. The predicted molar refractivity (Wildman–Crippen MR) is 158 cm³/mol. The van der Waals surface area contributed by atoms with Crippen molar-refractivity contribution in [2.24, 2.45) is 11.8 Å². The first kappa shape index (κ1) is 28.4. The van der Waals surface area contributed by atoms with E-state index in [0.717, 1.165) is 11.1 Å². The smallest absolute Gasteiger partial charge is 0.250 e. The Kier molecular flexibility index (Phi) is 7.33. The molecule has 3 aliphatic rings. The molecule has 2 bridgehead atoms. The second-order valence-corrected chi connectivity index (χ2v) is 12.1. The molecule has 2 unspecified atom stereocenters. The lowest BCUT2D eigenvalue weighted by Crippen LogP contribution is -2.54. The summed E-state index contributed by atoms with van der Waals surface area (Å²) in [6, 6.07) is 22.1. The molecule has 3 fully saturated rings. The summed E-state index contributed by atoms with van der Waals surface area (Å²) in [6.45, 7) is 3.60. The van der Waals surface area contributed by atoms with Crippen molar-refractivity contribution in [1.82, 2.24) is 10.2 Å². The molecule has 0 radical (unpaired) electrons. The second kappa shape index (κ2) is 10.8. The van der Waals surface area contributed by atoms with Crippen molar-refractivity contribution in [3.63, 3.8) is 0 Å². The van der Waals surface area contributed by atoms with E-state index in [4.69, 9.17) is 16.3 Å². The van der Waals surface area contributed by atoms with E-state index in [2.05, 4.69) is 10.6 Å². The fourth-order valence-electron chi connectivity index (χ4n) is 7.31. The van der Waals surface area contributed by atoms with Crippen molar-refractivity contribution in [2.75, 3.05) is 11.9 Å². The standard InChI is InChI=1S/C33H34ClN3O5/c1-20-10-9-15-23(34)27(20)36-30(40)28-33-17-16-32(2,42-33)25(29(39)35-18-21-11-5-3-6-12-21)26(33)31(41)37(28)24(19-38)22-13-7-4-8-14-22/h3-15,24-26,28,38H,16-19H2,1-2H3,(H,35,39)(H,36,40)/t24-,25+,26+,28?,32-,33?/m1/s1. The maximum absolute atomic E-state index is 14.5. The molecule has 3 aromatic rings. The molecule has 42 heavy (non-hydrogen) atoms. The Morgan fingerprint density at radius 3 is 2.38 bits per heavy atom. The highest BCUT2D eigenvalue weighted by Gasteiger charge is 2.78. The van der Waals surface area contributed by atoms with E-state index >= 15 is 0 Å². The van der Waals surface area contributed by atoms with Crippen LogP contribution in [-0.2, 0) is 25.7 Å². The van der Waals surface area contributed by atoms with E-state index in [0.29, 0.717) is 35.7 Å². The molecule has 3 amide bonds. The Hall–Kier alpha value is -3.72. The predicted octanol–water partition coefficient (Wildman–Crippen LogP) is 4.40. The molecule has 0 aromatic heterocycles. The van der Waals surface area contributed by atoms with Gasteiger partial charge in [-0.05, 0) is 49.4 Å². The molecular formula is C33H34ClN3O5. The number of likely N-dealkylation sites (tertiary alicyclic amines) is 1. The van der Waals surface area contributed by atoms with Gasteiger partial charge in [0.25, 0.3) is 0 Å². The summed E-state index contributed by atoms with van der Waals surface area (Å²) in [5.74, 6) is -2.83. The van der Waals surface area contributed by atoms with Crippen LogP contribution in [0.25, 0.3) is 0 Å². The molecule has 1 spiro atoms. The molecule has 3 heterocycles. The van der Waals surface area contributed by atoms with E-state index in [1.165, 1.54) is 4.90 Å². The number of aryl methyl sites for hydroxylation is 1. The zero-order chi connectivity index (χ0) is 29.6. The van der Waals surface area contributed by atoms with Crippen molar-refractivity contribution < 1.29 is 24.2 Å². The van der Waals surface area contributed by atoms with E-state index in [1.807, 2.05) is 80.6 Å². The Morgan fingerprint density at radius 1 is 1.02 bits per heavy atom. The van der Waals surface area contributed by atoms with Crippen molar-refractivity contribution in [3.05, 3.63) is 101 Å². The summed E-state index contributed by atoms with van der Waals surface area (Å²) in [6.07, 6.45) is 0.934. The Balaban J connectivity index is 1.40. The van der Waals surface area contributed by atoms with Gasteiger partial charge in [-0.15, -0.1) is 0 Å². The number of para-hydroxylation sites is 1. The number of carbonyl (C=O) groups is 3. The van der Waals surface area contributed by atoms with E-state index in [-0.39, 0.29) is 11.8 Å². The third kappa shape index (κ3) is 4.49. The highest BCUT2D eigenvalue weighted by molar-refractivity contribution is 6.34. The lowest BCUT2D eigenvalue weighted by molar-refractivity contribution is -0.148. The monoisotopic (exact) mass is 587 g/mol. The van der Waals surface area contributed by atoms with Crippen molar-refractivity contribution in [3.8, 4) is 0 Å². The van der Waals surface area contributed by atoms with Crippen LogP contribution in [-0.4, -0.2) is 51.6 Å². The van der Waals surface area contributed by atoms with Crippen molar-refractivity contribution in [2.45, 2.75) is 56.5 Å². The number of nitrogens with zero attached hydrogens (tertiary/aromatic N) is 1. The topological polar surface area (TPSA) is 108 Å². The summed E-state index contributed by atoms with van der Waals surface area (Å²) in [5.41, 5.74) is 0.667. The lowest BCUT2D eigenvalue weighted by Gasteiger charge is -2.37. The average molecular weight is 588 g/mol. The third-order valence-electron chi connectivity index (χ3n) is 9.22. The highest BCUT2D eigenvalue weighted by atomic mass is 35.5. The number of hydrogen-bond acceptors (Lipinski definition) is 5. The highest BCUT2D eigenvalue weighted by Crippen LogP contribution is 2.64. The molecule has 218 valence electrons. The third-order valence-corrected chi connectivity index (χ3v) is 9.53. The van der Waals surface area contributed by atoms with Crippen LogP contribution in [0.4, 0.5) is 5.69 Å². The first-order valence-corrected chi connectivity index (χ1v) is 14.6. The number of rotatable bonds is 8. The van der Waals surface area contributed by atoms with Gasteiger partial charge in [-0.25, -0.2) is 0 Å². The summed E-state index contributed by atoms with van der Waals surface area (Å²) in [7, 11) is 0. The van der Waals surface area contributed by atoms with Gasteiger partial charge < -0.3 is 25.4 Å². The molecule has 3 aliphatic heterocycles. The molecular weight excluding hydrogens is 554 g/mol. The normalized spacial score (nSPS) is 28.4. The van der Waals surface area contributed by atoms with Gasteiger partial charge >= 0.3 is 0 Å². The van der Waals surface area contributed by atoms with Crippen LogP contribution < -0.4 is 10.6 Å². The lowest BCUT2D eigenvalue weighted by atomic mass is 9.66. The van der Waals surface area contributed by atoms with Gasteiger partial charge in [0.05, 0.1) is 40.8 Å². The number of fused-ring (bicyclic) bond motifs is 1. The van der Waals surface area contributed by atoms with Crippen LogP contribution in [0.15, 0.2) is 78.9 Å². The van der Waals surface area contributed by atoms with Crippen LogP contribution in [0, 0.1) is 18.8 Å². The zero-order valence-corrected chi connectivity index (χ0v) is 24.3. The number of aliphatic hydroxyl groups is 1. The minimum absolute atomic E-state index is 0.288. The number of nitrogens with one attached hydrogen (secondary N) is 2. The quantitative estimate of drug-likeness (QED) is 0.362. The van der Waals surface area contributed by atoms with Crippen molar-refractivity contribution in [1.29, 1.82) is 0 Å². The summed E-state index contributed by atoms with van der Waals surface area (Å²) in [4.78, 5) is 44.1. The van der Waals surface area contributed by atoms with Gasteiger partial charge in [0.2, 0.25) is 17.7 Å². The van der Waals surface area contributed by atoms with Gasteiger partial charge in [-0.2, -0.15) is 0 Å². The van der Waals surface area contributed by atoms with E-state index < -0.39 is 47.6 Å². The van der Waals surface area contributed by atoms with E-state index in [1.54, 1.807) is 12.1 Å². The first-order valence-electron chi connectivity index (χ1n) is 14.3. The Labute approximate surface area is 250 Å². The first-order chi connectivity index (χ1) is 20.2. The van der Waals surface area contributed by atoms with Gasteiger partial charge in [0.15, 0.2) is 0 Å². The number of halogens is 1. The molecule has 6 atom stereocenters. The summed E-state index contributed by atoms with van der Waals surface area (Å²) in [5, 5.41) is 17.0. The van der Waals surface area contributed by atoms with Gasteiger partial charge in [-0.3, -0.25) is 14.4 Å². The van der Waals surface area contributed by atoms with Crippen LogP contribution in [0.1, 0.15) is 42.5 Å². The van der Waals surface area contributed by atoms with E-state index in [9.17, 15) is 19.5 Å². The number of amides is 3. The molecule has 9 heteroatoms. The van der Waals surface area contributed by atoms with Crippen LogP contribution >= 0.6 is 11.6 Å². The minimum Gasteiger partial charge on any atom is -0.394 e. The zero-order valence-electron chi connectivity index (χ0n) is 23.5. The Bertz CT molecular complexity index is 1500. The number of ether oxygens (including phenoxy) is 1. The number of benzene rings is 3. The molecule has 3 saturated heterocycles. The largest absolute Gasteiger partial charge is 0.394 e. The van der Waals surface area contributed by atoms with Crippen LogP contribution in [0.3, 0.4) is 0 Å². The summed E-state index contributed by atoms with van der Waals surface area (Å²) < 4.78 is 6.72. The number of aliphatic hydroxyl groups excluding tert-OH is 1. The number of carbonyl (C=O) groups excluding carboxylic acids is 3. The SMILES string of the molecule is Cc1cccc(Cl)c1NC(=O)C1N([C@H](CO)c2ccccc2)C(=O)[C@@H]2[C@@H](C(=O)NCc3ccccc3)[C@@]3(C)CCC12O3. The minimum atomic E-state index is -1.25.